The van der Waals surface area contributed by atoms with E-state index in [4.69, 9.17) is 9.90 Å². The number of fused-ring (bicyclic) bond motifs is 1. The van der Waals surface area contributed by atoms with Crippen LogP contribution in [0.15, 0.2) is 28.5 Å². The third-order valence-corrected chi connectivity index (χ3v) is 5.97. The molecule has 0 saturated heterocycles. The number of hydrogen-bond acceptors (Lipinski definition) is 7. The van der Waals surface area contributed by atoms with Gasteiger partial charge in [-0.15, -0.1) is 11.3 Å². The van der Waals surface area contributed by atoms with Gasteiger partial charge >= 0.3 is 12.1 Å². The van der Waals surface area contributed by atoms with E-state index in [2.05, 4.69) is 49.0 Å². The molecule has 1 N–H and O–H groups in total. The number of halogens is 3. The molecule has 3 aromatic rings. The van der Waals surface area contributed by atoms with Crippen LogP contribution in [0.5, 0.6) is 0 Å². The van der Waals surface area contributed by atoms with Gasteiger partial charge in [-0.2, -0.15) is 24.5 Å². The number of aryl methyl sites for hydroxylation is 1. The van der Waals surface area contributed by atoms with E-state index >= 15 is 0 Å². The Morgan fingerprint density at radius 3 is 2.57 bits per heavy atom. The molecule has 30 heavy (non-hydrogen) atoms. The van der Waals surface area contributed by atoms with Crippen molar-refractivity contribution >= 4 is 28.6 Å². The van der Waals surface area contributed by atoms with E-state index in [1.807, 2.05) is 0 Å². The molecule has 0 fully saturated rings. The maximum atomic E-state index is 10.6. The van der Waals surface area contributed by atoms with Crippen molar-refractivity contribution in [3.05, 3.63) is 50.5 Å². The molecule has 0 spiro atoms. The van der Waals surface area contributed by atoms with Crippen molar-refractivity contribution in [1.82, 2.24) is 19.9 Å². The zero-order valence-electron chi connectivity index (χ0n) is 16.0. The lowest BCUT2D eigenvalue weighted by Crippen LogP contribution is -2.26. The Bertz CT molecular complexity index is 990. The fraction of sp³-hybridized carbons (Fsp3) is 0.368. The SMILES string of the molecule is Cc1nc(CN2CCc3ncnc(-c4ccsc4)c3CC2)cs1.O=C(O)C(F)(F)F. The zero-order valence-corrected chi connectivity index (χ0v) is 17.6. The number of thiophene rings is 1. The van der Waals surface area contributed by atoms with E-state index in [1.54, 1.807) is 29.0 Å². The molecule has 4 rings (SSSR count). The van der Waals surface area contributed by atoms with E-state index in [9.17, 15) is 13.2 Å². The summed E-state index contributed by atoms with van der Waals surface area (Å²) in [5.74, 6) is -2.76. The molecule has 160 valence electrons. The summed E-state index contributed by atoms with van der Waals surface area (Å²) in [5, 5.41) is 14.7. The van der Waals surface area contributed by atoms with Crippen molar-refractivity contribution < 1.29 is 23.1 Å². The van der Waals surface area contributed by atoms with E-state index in [-0.39, 0.29) is 0 Å². The van der Waals surface area contributed by atoms with Crippen LogP contribution in [0.3, 0.4) is 0 Å². The van der Waals surface area contributed by atoms with Gasteiger partial charge in [0, 0.05) is 53.6 Å². The molecule has 0 amide bonds. The number of hydrogen-bond donors (Lipinski definition) is 1. The lowest BCUT2D eigenvalue weighted by atomic mass is 10.0. The van der Waals surface area contributed by atoms with Crippen LogP contribution in [0.1, 0.15) is 22.0 Å². The second kappa shape index (κ2) is 9.63. The molecule has 0 unspecified atom stereocenters. The van der Waals surface area contributed by atoms with Gasteiger partial charge in [-0.1, -0.05) is 0 Å². The Balaban J connectivity index is 0.000000318. The Labute approximate surface area is 179 Å². The highest BCUT2D eigenvalue weighted by Crippen LogP contribution is 2.27. The highest BCUT2D eigenvalue weighted by molar-refractivity contribution is 7.09. The number of carboxylic acids is 1. The molecule has 0 aliphatic carbocycles. The van der Waals surface area contributed by atoms with E-state index in [0.717, 1.165) is 43.2 Å². The van der Waals surface area contributed by atoms with Crippen molar-refractivity contribution in [3.8, 4) is 11.3 Å². The van der Waals surface area contributed by atoms with Gasteiger partial charge in [0.15, 0.2) is 0 Å². The van der Waals surface area contributed by atoms with Gasteiger partial charge in [0.1, 0.15) is 6.33 Å². The fourth-order valence-corrected chi connectivity index (χ4v) is 4.33. The van der Waals surface area contributed by atoms with Gasteiger partial charge in [-0.05, 0) is 24.8 Å². The molecule has 1 aliphatic rings. The normalized spacial score (nSPS) is 14.4. The molecule has 0 aromatic carbocycles. The topological polar surface area (TPSA) is 79.2 Å². The van der Waals surface area contributed by atoms with Crippen LogP contribution < -0.4 is 0 Å². The van der Waals surface area contributed by atoms with Crippen molar-refractivity contribution in [2.45, 2.75) is 32.5 Å². The second-order valence-electron chi connectivity index (χ2n) is 6.60. The summed E-state index contributed by atoms with van der Waals surface area (Å²) in [7, 11) is 0. The molecular formula is C19H19F3N4O2S2. The van der Waals surface area contributed by atoms with E-state index in [1.165, 1.54) is 22.5 Å². The third kappa shape index (κ3) is 5.83. The number of rotatable bonds is 3. The van der Waals surface area contributed by atoms with Crippen molar-refractivity contribution in [3.63, 3.8) is 0 Å². The van der Waals surface area contributed by atoms with Crippen LogP contribution in [0.25, 0.3) is 11.3 Å². The van der Waals surface area contributed by atoms with Crippen LogP contribution in [0.2, 0.25) is 0 Å². The van der Waals surface area contributed by atoms with Crippen LogP contribution in [-0.2, 0) is 24.2 Å². The maximum absolute atomic E-state index is 10.6. The van der Waals surface area contributed by atoms with E-state index < -0.39 is 12.1 Å². The Hall–Kier alpha value is -2.37. The number of alkyl halides is 3. The Morgan fingerprint density at radius 2 is 1.97 bits per heavy atom. The van der Waals surface area contributed by atoms with Crippen LogP contribution in [-0.4, -0.2) is 50.2 Å². The van der Waals surface area contributed by atoms with Gasteiger partial charge < -0.3 is 5.11 Å². The number of carboxylic acid groups (broad SMARTS) is 1. The number of nitrogens with zero attached hydrogens (tertiary/aromatic N) is 4. The van der Waals surface area contributed by atoms with Crippen LogP contribution in [0, 0.1) is 6.92 Å². The summed E-state index contributed by atoms with van der Waals surface area (Å²) in [5.41, 5.74) is 6.04. The first-order valence-corrected chi connectivity index (χ1v) is 10.8. The second-order valence-corrected chi connectivity index (χ2v) is 8.44. The summed E-state index contributed by atoms with van der Waals surface area (Å²) in [6, 6.07) is 2.15. The smallest absolute Gasteiger partial charge is 0.475 e. The lowest BCUT2D eigenvalue weighted by Gasteiger charge is -2.18. The Kier molecular flexibility index (Phi) is 7.16. The summed E-state index contributed by atoms with van der Waals surface area (Å²) >= 11 is 3.44. The molecule has 3 aromatic heterocycles. The van der Waals surface area contributed by atoms with Crippen molar-refractivity contribution in [2.24, 2.45) is 0 Å². The highest BCUT2D eigenvalue weighted by atomic mass is 32.1. The summed E-state index contributed by atoms with van der Waals surface area (Å²) in [4.78, 5) is 25.1. The van der Waals surface area contributed by atoms with Gasteiger partial charge in [-0.3, -0.25) is 4.90 Å². The first kappa shape index (κ1) is 22.3. The first-order chi connectivity index (χ1) is 14.2. The number of aromatic nitrogens is 3. The average Bonchev–Trinajstić information content (AvgIpc) is 3.31. The minimum atomic E-state index is -5.08. The average molecular weight is 457 g/mol. The predicted octanol–water partition coefficient (Wildman–Crippen LogP) is 4.20. The van der Waals surface area contributed by atoms with Gasteiger partial charge in [0.25, 0.3) is 0 Å². The van der Waals surface area contributed by atoms with Crippen molar-refractivity contribution in [1.29, 1.82) is 0 Å². The van der Waals surface area contributed by atoms with Gasteiger partial charge in [0.05, 0.1) is 16.4 Å². The number of thiazole rings is 1. The monoisotopic (exact) mass is 456 g/mol. The highest BCUT2D eigenvalue weighted by Gasteiger charge is 2.38. The van der Waals surface area contributed by atoms with Gasteiger partial charge in [0.2, 0.25) is 0 Å². The molecule has 4 heterocycles. The largest absolute Gasteiger partial charge is 0.490 e. The van der Waals surface area contributed by atoms with Gasteiger partial charge in [-0.25, -0.2) is 19.7 Å². The van der Waals surface area contributed by atoms with Crippen LogP contribution >= 0.6 is 22.7 Å². The minimum absolute atomic E-state index is 0.930. The minimum Gasteiger partial charge on any atom is -0.475 e. The molecule has 6 nitrogen and oxygen atoms in total. The number of aliphatic carboxylic acids is 1. The molecule has 0 radical (unpaired) electrons. The lowest BCUT2D eigenvalue weighted by molar-refractivity contribution is -0.192. The summed E-state index contributed by atoms with van der Waals surface area (Å²) in [6.07, 6.45) is -1.38. The third-order valence-electron chi connectivity index (χ3n) is 4.47. The first-order valence-electron chi connectivity index (χ1n) is 9.03. The quantitative estimate of drug-likeness (QED) is 0.636. The fourth-order valence-electron chi connectivity index (χ4n) is 3.09. The summed E-state index contributed by atoms with van der Waals surface area (Å²) in [6.45, 7) is 5.06. The number of carbonyl (C=O) groups is 1. The molecule has 0 atom stereocenters. The molecule has 0 bridgehead atoms. The summed E-state index contributed by atoms with van der Waals surface area (Å²) < 4.78 is 31.7. The van der Waals surface area contributed by atoms with E-state index in [0.29, 0.717) is 0 Å². The van der Waals surface area contributed by atoms with Crippen LogP contribution in [0.4, 0.5) is 13.2 Å². The molecule has 11 heteroatoms. The standard InChI is InChI=1S/C17H18N4S2.C2HF3O2/c1-12-20-14(10-23-12)8-21-5-2-15-16(3-6-21)18-11-19-17(15)13-4-7-22-9-13;3-2(4,5)1(6)7/h4,7,9-11H,2-3,5-6,8H2,1H3;(H,6,7). The molecule has 1 aliphatic heterocycles. The van der Waals surface area contributed by atoms with Crippen molar-refractivity contribution in [2.75, 3.05) is 13.1 Å². The predicted molar refractivity (Wildman–Crippen MR) is 109 cm³/mol. The molecular weight excluding hydrogens is 437 g/mol. The Morgan fingerprint density at radius 1 is 1.23 bits per heavy atom. The molecule has 0 saturated carbocycles. The zero-order chi connectivity index (χ0) is 21.7. The maximum Gasteiger partial charge on any atom is 0.490 e.